The van der Waals surface area contributed by atoms with Crippen molar-refractivity contribution in [3.05, 3.63) is 0 Å². The SMILES string of the molecule is N#CC(CCN=C=O)CCN=C=O. The quantitative estimate of drug-likeness (QED) is 0.441. The zero-order valence-corrected chi connectivity index (χ0v) is 7.06. The maximum Gasteiger partial charge on any atom is 0.234 e. The second kappa shape index (κ2) is 8.35. The minimum atomic E-state index is -0.214. The molecular formula is C8H9N3O2. The Bertz CT molecular complexity index is 248. The van der Waals surface area contributed by atoms with E-state index >= 15 is 0 Å². The molecule has 0 aromatic heterocycles. The molecule has 0 saturated heterocycles. The lowest BCUT2D eigenvalue weighted by Crippen LogP contribution is -2.01. The van der Waals surface area contributed by atoms with Gasteiger partial charge in [0.25, 0.3) is 0 Å². The van der Waals surface area contributed by atoms with Gasteiger partial charge in [-0.05, 0) is 12.8 Å². The fourth-order valence-corrected chi connectivity index (χ4v) is 0.805. The van der Waals surface area contributed by atoms with Crippen LogP contribution in [0.3, 0.4) is 0 Å². The van der Waals surface area contributed by atoms with Crippen LogP contribution in [-0.4, -0.2) is 25.2 Å². The summed E-state index contributed by atoms with van der Waals surface area (Å²) in [6, 6.07) is 2.04. The molecule has 0 aliphatic carbocycles. The molecule has 68 valence electrons. The number of hydrogen-bond donors (Lipinski definition) is 0. The Balaban J connectivity index is 3.70. The molecule has 13 heavy (non-hydrogen) atoms. The smallest absolute Gasteiger partial charge is 0.211 e. The molecule has 0 amide bonds. The predicted octanol–water partition coefficient (Wildman–Crippen LogP) is 0.578. The number of carbonyl (C=O) groups excluding carboxylic acids is 2. The summed E-state index contributed by atoms with van der Waals surface area (Å²) in [5, 5.41) is 8.59. The van der Waals surface area contributed by atoms with E-state index in [1.54, 1.807) is 0 Å². The normalized spacial score (nSPS) is 10.4. The Morgan fingerprint density at radius 1 is 1.08 bits per heavy atom. The van der Waals surface area contributed by atoms with E-state index in [1.807, 2.05) is 6.07 Å². The van der Waals surface area contributed by atoms with Gasteiger partial charge in [0.2, 0.25) is 12.2 Å². The largest absolute Gasteiger partial charge is 0.234 e. The van der Waals surface area contributed by atoms with Gasteiger partial charge < -0.3 is 0 Å². The summed E-state index contributed by atoms with van der Waals surface area (Å²) in [4.78, 5) is 26.0. The average molecular weight is 179 g/mol. The molecule has 0 aliphatic rings. The Hall–Kier alpha value is -1.75. The molecule has 0 aliphatic heterocycles. The molecule has 0 spiro atoms. The second-order valence-electron chi connectivity index (χ2n) is 2.35. The predicted molar refractivity (Wildman–Crippen MR) is 44.3 cm³/mol. The minimum Gasteiger partial charge on any atom is -0.211 e. The summed E-state index contributed by atoms with van der Waals surface area (Å²) in [7, 11) is 0. The summed E-state index contributed by atoms with van der Waals surface area (Å²) in [6.45, 7) is 0.596. The van der Waals surface area contributed by atoms with Crippen molar-refractivity contribution in [3.8, 4) is 6.07 Å². The molecule has 0 heterocycles. The van der Waals surface area contributed by atoms with Crippen LogP contribution >= 0.6 is 0 Å². The van der Waals surface area contributed by atoms with E-state index in [2.05, 4.69) is 9.98 Å². The first-order valence-electron chi connectivity index (χ1n) is 3.82. The summed E-state index contributed by atoms with van der Waals surface area (Å²) < 4.78 is 0. The van der Waals surface area contributed by atoms with Crippen molar-refractivity contribution >= 4 is 12.2 Å². The maximum absolute atomic E-state index is 9.69. The lowest BCUT2D eigenvalue weighted by atomic mass is 10.0. The minimum absolute atomic E-state index is 0.214. The third-order valence-corrected chi connectivity index (χ3v) is 1.49. The molecule has 0 unspecified atom stereocenters. The highest BCUT2D eigenvalue weighted by atomic mass is 16.1. The van der Waals surface area contributed by atoms with E-state index < -0.39 is 0 Å². The molecule has 0 N–H and O–H groups in total. The topological polar surface area (TPSA) is 82.7 Å². The number of isocyanates is 2. The maximum atomic E-state index is 9.69. The van der Waals surface area contributed by atoms with Gasteiger partial charge in [-0.15, -0.1) is 0 Å². The van der Waals surface area contributed by atoms with Gasteiger partial charge >= 0.3 is 0 Å². The number of aliphatic imine (C=N–C) groups is 2. The third kappa shape index (κ3) is 6.64. The standard InChI is InChI=1S/C8H9N3O2/c9-5-8(1-3-10-6-12)2-4-11-7-13/h8H,1-4H2. The van der Waals surface area contributed by atoms with Crippen molar-refractivity contribution in [2.45, 2.75) is 12.8 Å². The highest BCUT2D eigenvalue weighted by Gasteiger charge is 2.05. The number of hydrogen-bond acceptors (Lipinski definition) is 5. The van der Waals surface area contributed by atoms with Gasteiger partial charge in [-0.1, -0.05) is 0 Å². The van der Waals surface area contributed by atoms with Crippen LogP contribution in [0.1, 0.15) is 12.8 Å². The van der Waals surface area contributed by atoms with E-state index in [0.29, 0.717) is 25.9 Å². The van der Waals surface area contributed by atoms with Gasteiger partial charge in [0.1, 0.15) is 0 Å². The Labute approximate surface area is 75.8 Å². The van der Waals surface area contributed by atoms with E-state index in [4.69, 9.17) is 5.26 Å². The van der Waals surface area contributed by atoms with Crippen LogP contribution in [0, 0.1) is 17.2 Å². The summed E-state index contributed by atoms with van der Waals surface area (Å²) in [5.74, 6) is -0.214. The van der Waals surface area contributed by atoms with Crippen LogP contribution < -0.4 is 0 Å². The van der Waals surface area contributed by atoms with Crippen LogP contribution in [0.5, 0.6) is 0 Å². The van der Waals surface area contributed by atoms with Crippen molar-refractivity contribution < 1.29 is 9.59 Å². The van der Waals surface area contributed by atoms with Gasteiger partial charge in [0.05, 0.1) is 19.2 Å². The van der Waals surface area contributed by atoms with Crippen molar-refractivity contribution in [2.75, 3.05) is 13.1 Å². The average Bonchev–Trinajstić information content (AvgIpc) is 2.16. The fourth-order valence-electron chi connectivity index (χ4n) is 0.805. The first-order chi connectivity index (χ1) is 6.35. The molecule has 0 atom stereocenters. The zero-order valence-electron chi connectivity index (χ0n) is 7.06. The summed E-state index contributed by atoms with van der Waals surface area (Å²) in [6.07, 6.45) is 3.79. The Morgan fingerprint density at radius 3 is 1.85 bits per heavy atom. The van der Waals surface area contributed by atoms with Crippen LogP contribution in [0.25, 0.3) is 0 Å². The molecule has 5 heteroatoms. The van der Waals surface area contributed by atoms with Crippen LogP contribution in [0.2, 0.25) is 0 Å². The molecule has 0 fully saturated rings. The first kappa shape index (κ1) is 11.2. The van der Waals surface area contributed by atoms with E-state index in [-0.39, 0.29) is 5.92 Å². The molecule has 0 rings (SSSR count). The molecule has 0 radical (unpaired) electrons. The highest BCUT2D eigenvalue weighted by molar-refractivity contribution is 5.33. The van der Waals surface area contributed by atoms with E-state index in [1.165, 1.54) is 12.2 Å². The van der Waals surface area contributed by atoms with Gasteiger partial charge in [0, 0.05) is 5.92 Å². The van der Waals surface area contributed by atoms with Gasteiger partial charge in [-0.3, -0.25) is 0 Å². The van der Waals surface area contributed by atoms with Gasteiger partial charge in [-0.2, -0.15) is 5.26 Å². The fraction of sp³-hybridized carbons (Fsp3) is 0.625. The van der Waals surface area contributed by atoms with Crippen LogP contribution in [0.15, 0.2) is 9.98 Å². The van der Waals surface area contributed by atoms with Crippen LogP contribution in [-0.2, 0) is 9.59 Å². The molecule has 0 bridgehead atoms. The Kier molecular flexibility index (Phi) is 7.22. The first-order valence-corrected chi connectivity index (χ1v) is 3.82. The molecular weight excluding hydrogens is 170 g/mol. The summed E-state index contributed by atoms with van der Waals surface area (Å²) >= 11 is 0. The van der Waals surface area contributed by atoms with E-state index in [9.17, 15) is 9.59 Å². The van der Waals surface area contributed by atoms with Crippen molar-refractivity contribution in [3.63, 3.8) is 0 Å². The number of nitrogens with zero attached hydrogens (tertiary/aromatic N) is 3. The lowest BCUT2D eigenvalue weighted by molar-refractivity contribution is 0.545. The molecule has 5 nitrogen and oxygen atoms in total. The van der Waals surface area contributed by atoms with Gasteiger partial charge in [-0.25, -0.2) is 19.6 Å². The van der Waals surface area contributed by atoms with Gasteiger partial charge in [0.15, 0.2) is 0 Å². The second-order valence-corrected chi connectivity index (χ2v) is 2.35. The number of rotatable bonds is 6. The van der Waals surface area contributed by atoms with Crippen LogP contribution in [0.4, 0.5) is 0 Å². The molecule has 0 aromatic carbocycles. The Morgan fingerprint density at radius 2 is 1.54 bits per heavy atom. The van der Waals surface area contributed by atoms with Crippen molar-refractivity contribution in [2.24, 2.45) is 15.9 Å². The monoisotopic (exact) mass is 179 g/mol. The summed E-state index contributed by atoms with van der Waals surface area (Å²) in [5.41, 5.74) is 0. The molecule has 0 aromatic rings. The third-order valence-electron chi connectivity index (χ3n) is 1.49. The highest BCUT2D eigenvalue weighted by Crippen LogP contribution is 2.06. The van der Waals surface area contributed by atoms with Crippen molar-refractivity contribution in [1.29, 1.82) is 5.26 Å². The van der Waals surface area contributed by atoms with E-state index in [0.717, 1.165) is 0 Å². The molecule has 0 saturated carbocycles. The number of nitriles is 1. The lowest BCUT2D eigenvalue weighted by Gasteiger charge is -2.02. The zero-order chi connectivity index (χ0) is 9.94. The van der Waals surface area contributed by atoms with Crippen molar-refractivity contribution in [1.82, 2.24) is 0 Å².